The van der Waals surface area contributed by atoms with Crippen LogP contribution in [0.25, 0.3) is 0 Å². The molecule has 0 fully saturated rings. The number of methoxy groups -OCH3 is 1. The summed E-state index contributed by atoms with van der Waals surface area (Å²) in [4.78, 5) is 22.2. The van der Waals surface area contributed by atoms with E-state index in [9.17, 15) is 9.59 Å². The molecule has 0 heterocycles. The maximum atomic E-state index is 11.2. The summed E-state index contributed by atoms with van der Waals surface area (Å²) >= 11 is 0. The average Bonchev–Trinajstić information content (AvgIpc) is 2.20. The van der Waals surface area contributed by atoms with E-state index in [4.69, 9.17) is 4.74 Å². The van der Waals surface area contributed by atoms with Gasteiger partial charge in [-0.15, -0.1) is 0 Å². The zero-order valence-corrected chi connectivity index (χ0v) is 10.3. The van der Waals surface area contributed by atoms with Crippen molar-refractivity contribution in [1.82, 2.24) is 0 Å². The highest BCUT2D eigenvalue weighted by Gasteiger charge is 2.21. The van der Waals surface area contributed by atoms with E-state index in [1.54, 1.807) is 0 Å². The Bertz CT molecular complexity index is 422. The summed E-state index contributed by atoms with van der Waals surface area (Å²) in [6.45, 7) is 7.21. The smallest absolute Gasteiger partial charge is 0.271 e. The van der Waals surface area contributed by atoms with E-state index < -0.39 is 10.9 Å². The van der Waals surface area contributed by atoms with Gasteiger partial charge in [0.2, 0.25) is 0 Å². The molecule has 90 valence electrons. The van der Waals surface area contributed by atoms with E-state index in [2.05, 4.69) is 26.1 Å². The predicted molar refractivity (Wildman–Crippen MR) is 65.1 cm³/mol. The Balaban J connectivity index is 2.42. The van der Waals surface area contributed by atoms with Gasteiger partial charge in [0.15, 0.2) is 5.75 Å². The maximum absolute atomic E-state index is 11.2. The van der Waals surface area contributed by atoms with Crippen LogP contribution in [0.15, 0.2) is 9.59 Å². The molecular weight excluding hydrogens is 206 g/mol. The minimum atomic E-state index is -0.527. The second-order valence-electron chi connectivity index (χ2n) is 5.16. The van der Waals surface area contributed by atoms with Gasteiger partial charge in [0.1, 0.15) is 5.69 Å². The SMILES string of the molecule is COc1c(NCCCC(C)(C)C)c(=O)c1=O. The van der Waals surface area contributed by atoms with Gasteiger partial charge in [-0.05, 0) is 18.3 Å². The van der Waals surface area contributed by atoms with Crippen molar-refractivity contribution < 1.29 is 4.74 Å². The monoisotopic (exact) mass is 225 g/mol. The lowest BCUT2D eigenvalue weighted by Gasteiger charge is -2.18. The Hall–Kier alpha value is -1.32. The molecule has 4 nitrogen and oxygen atoms in total. The van der Waals surface area contributed by atoms with Gasteiger partial charge < -0.3 is 10.1 Å². The zero-order chi connectivity index (χ0) is 12.3. The van der Waals surface area contributed by atoms with E-state index in [1.807, 2.05) is 0 Å². The van der Waals surface area contributed by atoms with E-state index in [1.165, 1.54) is 7.11 Å². The molecule has 0 aliphatic heterocycles. The topological polar surface area (TPSA) is 55.4 Å². The lowest BCUT2D eigenvalue weighted by Crippen LogP contribution is -2.35. The molecule has 0 atom stereocenters. The first-order valence-corrected chi connectivity index (χ1v) is 5.48. The van der Waals surface area contributed by atoms with Gasteiger partial charge in [0.25, 0.3) is 10.9 Å². The molecule has 1 rings (SSSR count). The van der Waals surface area contributed by atoms with E-state index in [0.29, 0.717) is 17.6 Å². The average molecular weight is 225 g/mol. The molecule has 0 bridgehead atoms. The number of rotatable bonds is 5. The molecule has 0 aliphatic rings. The van der Waals surface area contributed by atoms with Gasteiger partial charge in [-0.2, -0.15) is 0 Å². The maximum Gasteiger partial charge on any atom is 0.271 e. The minimum Gasteiger partial charge on any atom is -0.491 e. The van der Waals surface area contributed by atoms with Gasteiger partial charge in [-0.1, -0.05) is 20.8 Å². The number of nitrogens with one attached hydrogen (secondary N) is 1. The van der Waals surface area contributed by atoms with Crippen molar-refractivity contribution in [3.8, 4) is 5.75 Å². The fourth-order valence-corrected chi connectivity index (χ4v) is 1.56. The molecular formula is C12H19NO3. The highest BCUT2D eigenvalue weighted by Crippen LogP contribution is 2.21. The minimum absolute atomic E-state index is 0.167. The zero-order valence-electron chi connectivity index (χ0n) is 10.3. The van der Waals surface area contributed by atoms with Crippen LogP contribution in [0.4, 0.5) is 5.69 Å². The largest absolute Gasteiger partial charge is 0.491 e. The van der Waals surface area contributed by atoms with Gasteiger partial charge in [-0.25, -0.2) is 0 Å². The molecule has 0 aliphatic carbocycles. The van der Waals surface area contributed by atoms with Crippen LogP contribution in [0, 0.1) is 5.41 Å². The van der Waals surface area contributed by atoms with Gasteiger partial charge in [-0.3, -0.25) is 9.59 Å². The van der Waals surface area contributed by atoms with Crippen LogP contribution < -0.4 is 20.9 Å². The first-order valence-electron chi connectivity index (χ1n) is 5.48. The standard InChI is InChI=1S/C12H19NO3/c1-12(2,3)6-5-7-13-8-9(14)10(15)11(8)16-4/h13H,5-7H2,1-4H3. The third-order valence-corrected chi connectivity index (χ3v) is 2.48. The number of anilines is 1. The summed E-state index contributed by atoms with van der Waals surface area (Å²) in [6.07, 6.45) is 2.03. The van der Waals surface area contributed by atoms with E-state index in [-0.39, 0.29) is 5.75 Å². The summed E-state index contributed by atoms with van der Waals surface area (Å²) in [5.41, 5.74) is -0.366. The first-order chi connectivity index (χ1) is 7.37. The highest BCUT2D eigenvalue weighted by atomic mass is 16.5. The Morgan fingerprint density at radius 1 is 1.19 bits per heavy atom. The van der Waals surface area contributed by atoms with Gasteiger partial charge >= 0.3 is 0 Å². The molecule has 4 heteroatoms. The Labute approximate surface area is 95.3 Å². The first kappa shape index (κ1) is 12.7. The Morgan fingerprint density at radius 2 is 1.81 bits per heavy atom. The molecule has 0 amide bonds. The Kier molecular flexibility index (Phi) is 3.73. The van der Waals surface area contributed by atoms with Crippen molar-refractivity contribution in [3.05, 3.63) is 20.4 Å². The molecule has 0 unspecified atom stereocenters. The summed E-state index contributed by atoms with van der Waals surface area (Å²) < 4.78 is 4.83. The summed E-state index contributed by atoms with van der Waals surface area (Å²) in [6, 6.07) is 0. The quantitative estimate of drug-likeness (QED) is 0.610. The summed E-state index contributed by atoms with van der Waals surface area (Å²) in [7, 11) is 1.40. The van der Waals surface area contributed by atoms with E-state index in [0.717, 1.165) is 12.8 Å². The van der Waals surface area contributed by atoms with Crippen LogP contribution in [0.2, 0.25) is 0 Å². The van der Waals surface area contributed by atoms with Crippen molar-refractivity contribution in [3.63, 3.8) is 0 Å². The molecule has 0 spiro atoms. The van der Waals surface area contributed by atoms with Crippen molar-refractivity contribution in [1.29, 1.82) is 0 Å². The fourth-order valence-electron chi connectivity index (χ4n) is 1.56. The summed E-state index contributed by atoms with van der Waals surface area (Å²) in [5, 5.41) is 2.96. The van der Waals surface area contributed by atoms with Crippen LogP contribution in [0.5, 0.6) is 5.75 Å². The van der Waals surface area contributed by atoms with Crippen molar-refractivity contribution in [2.45, 2.75) is 33.6 Å². The third-order valence-electron chi connectivity index (χ3n) is 2.48. The fraction of sp³-hybridized carbons (Fsp3) is 0.667. The lowest BCUT2D eigenvalue weighted by molar-refractivity contribution is 0.369. The van der Waals surface area contributed by atoms with Crippen LogP contribution >= 0.6 is 0 Å². The molecule has 16 heavy (non-hydrogen) atoms. The van der Waals surface area contributed by atoms with Gasteiger partial charge in [0, 0.05) is 6.54 Å². The molecule has 1 aromatic carbocycles. The van der Waals surface area contributed by atoms with Crippen LogP contribution in [-0.2, 0) is 0 Å². The number of ether oxygens (including phenoxy) is 1. The second kappa shape index (κ2) is 4.68. The Morgan fingerprint density at radius 3 is 2.31 bits per heavy atom. The van der Waals surface area contributed by atoms with Crippen molar-refractivity contribution in [2.75, 3.05) is 19.0 Å². The van der Waals surface area contributed by atoms with Crippen LogP contribution in [-0.4, -0.2) is 13.7 Å². The summed E-state index contributed by atoms with van der Waals surface area (Å²) in [5.74, 6) is 0.167. The molecule has 0 saturated heterocycles. The molecule has 0 aromatic heterocycles. The molecule has 0 saturated carbocycles. The van der Waals surface area contributed by atoms with E-state index >= 15 is 0 Å². The van der Waals surface area contributed by atoms with Crippen molar-refractivity contribution >= 4 is 5.69 Å². The molecule has 1 N–H and O–H groups in total. The number of hydrogen-bond acceptors (Lipinski definition) is 4. The lowest BCUT2D eigenvalue weighted by atomic mass is 9.91. The molecule has 0 radical (unpaired) electrons. The normalized spacial score (nSPS) is 11.8. The number of hydrogen-bond donors (Lipinski definition) is 1. The molecule has 1 aromatic rings. The van der Waals surface area contributed by atoms with Crippen LogP contribution in [0.3, 0.4) is 0 Å². The van der Waals surface area contributed by atoms with Gasteiger partial charge in [0.05, 0.1) is 7.11 Å². The third kappa shape index (κ3) is 2.84. The van der Waals surface area contributed by atoms with Crippen molar-refractivity contribution in [2.24, 2.45) is 5.41 Å². The highest BCUT2D eigenvalue weighted by molar-refractivity contribution is 5.61. The van der Waals surface area contributed by atoms with Crippen LogP contribution in [0.1, 0.15) is 33.6 Å². The predicted octanol–water partition coefficient (Wildman–Crippen LogP) is 1.53. The second-order valence-corrected chi connectivity index (χ2v) is 5.16.